The highest BCUT2D eigenvalue weighted by molar-refractivity contribution is 5.87. The standard InChI is InChI=1S/C11H18N2O3/c1-5-6-7-12-8(10(14)15)9(13-7)11(2,3)16-4/h5-6H2,1-4H3,(H,12,13)(H,14,15). The number of rotatable bonds is 5. The average Bonchev–Trinajstić information content (AvgIpc) is 2.63. The molecule has 5 nitrogen and oxygen atoms in total. The molecule has 0 atom stereocenters. The van der Waals surface area contributed by atoms with Gasteiger partial charge in [-0.25, -0.2) is 9.78 Å². The predicted octanol–water partition coefficient (Wildman–Crippen LogP) is 1.94. The molecule has 0 saturated heterocycles. The maximum absolute atomic E-state index is 11.1. The first-order valence-corrected chi connectivity index (χ1v) is 5.30. The van der Waals surface area contributed by atoms with Crippen molar-refractivity contribution in [2.75, 3.05) is 7.11 Å². The Balaban J connectivity index is 3.20. The van der Waals surface area contributed by atoms with Crippen LogP contribution in [0.5, 0.6) is 0 Å². The van der Waals surface area contributed by atoms with Crippen LogP contribution in [0.15, 0.2) is 0 Å². The number of imidazole rings is 1. The molecule has 0 spiro atoms. The highest BCUT2D eigenvalue weighted by Gasteiger charge is 2.29. The zero-order valence-corrected chi connectivity index (χ0v) is 10.1. The number of aromatic amines is 1. The molecule has 1 aromatic rings. The number of hydrogen-bond donors (Lipinski definition) is 2. The number of methoxy groups -OCH3 is 1. The summed E-state index contributed by atoms with van der Waals surface area (Å²) < 4.78 is 5.27. The Hall–Kier alpha value is -1.36. The maximum atomic E-state index is 11.1. The van der Waals surface area contributed by atoms with E-state index in [1.807, 2.05) is 20.8 Å². The molecule has 0 fully saturated rings. The Bertz CT molecular complexity index is 383. The molecule has 5 heteroatoms. The van der Waals surface area contributed by atoms with Gasteiger partial charge in [-0.15, -0.1) is 0 Å². The smallest absolute Gasteiger partial charge is 0.356 e. The third kappa shape index (κ3) is 2.41. The lowest BCUT2D eigenvalue weighted by Crippen LogP contribution is -2.23. The van der Waals surface area contributed by atoms with Crippen molar-refractivity contribution >= 4 is 5.97 Å². The van der Waals surface area contributed by atoms with Crippen molar-refractivity contribution < 1.29 is 14.6 Å². The Morgan fingerprint density at radius 2 is 2.19 bits per heavy atom. The van der Waals surface area contributed by atoms with Crippen LogP contribution in [0.25, 0.3) is 0 Å². The molecule has 0 aliphatic rings. The van der Waals surface area contributed by atoms with Gasteiger partial charge in [-0.3, -0.25) is 0 Å². The van der Waals surface area contributed by atoms with Crippen molar-refractivity contribution in [3.8, 4) is 0 Å². The SMILES string of the molecule is CCCc1nc(C(=O)O)c(C(C)(C)OC)[nH]1. The monoisotopic (exact) mass is 226 g/mol. The number of ether oxygens (including phenoxy) is 1. The quantitative estimate of drug-likeness (QED) is 0.804. The van der Waals surface area contributed by atoms with Gasteiger partial charge in [-0.05, 0) is 20.3 Å². The van der Waals surface area contributed by atoms with Gasteiger partial charge in [0, 0.05) is 13.5 Å². The third-order valence-corrected chi connectivity index (χ3v) is 2.55. The average molecular weight is 226 g/mol. The Labute approximate surface area is 94.8 Å². The van der Waals surface area contributed by atoms with Crippen molar-refractivity contribution in [2.45, 2.75) is 39.2 Å². The molecular weight excluding hydrogens is 208 g/mol. The summed E-state index contributed by atoms with van der Waals surface area (Å²) in [5.74, 6) is -0.334. The number of carbonyl (C=O) groups is 1. The van der Waals surface area contributed by atoms with Gasteiger partial charge < -0.3 is 14.8 Å². The van der Waals surface area contributed by atoms with Gasteiger partial charge in [0.2, 0.25) is 0 Å². The second-order valence-electron chi connectivity index (χ2n) is 4.18. The number of aromatic carboxylic acids is 1. The number of aryl methyl sites for hydroxylation is 1. The number of carboxylic acids is 1. The molecule has 2 N–H and O–H groups in total. The number of aromatic nitrogens is 2. The Morgan fingerprint density at radius 3 is 2.62 bits per heavy atom. The number of hydrogen-bond acceptors (Lipinski definition) is 3. The third-order valence-electron chi connectivity index (χ3n) is 2.55. The van der Waals surface area contributed by atoms with E-state index in [-0.39, 0.29) is 5.69 Å². The zero-order valence-electron chi connectivity index (χ0n) is 10.1. The summed E-state index contributed by atoms with van der Waals surface area (Å²) in [6, 6.07) is 0. The van der Waals surface area contributed by atoms with Gasteiger partial charge in [-0.1, -0.05) is 6.92 Å². The first-order chi connectivity index (χ1) is 7.42. The summed E-state index contributed by atoms with van der Waals surface area (Å²) in [6.07, 6.45) is 1.65. The fraction of sp³-hybridized carbons (Fsp3) is 0.636. The van der Waals surface area contributed by atoms with E-state index in [1.165, 1.54) is 0 Å². The molecular formula is C11H18N2O3. The van der Waals surface area contributed by atoms with Gasteiger partial charge in [0.25, 0.3) is 0 Å². The van der Waals surface area contributed by atoms with Gasteiger partial charge in [-0.2, -0.15) is 0 Å². The van der Waals surface area contributed by atoms with Crippen LogP contribution in [-0.2, 0) is 16.8 Å². The molecule has 1 heterocycles. The van der Waals surface area contributed by atoms with Crippen molar-refractivity contribution in [3.63, 3.8) is 0 Å². The predicted molar refractivity (Wildman–Crippen MR) is 59.6 cm³/mol. The van der Waals surface area contributed by atoms with Crippen molar-refractivity contribution in [1.29, 1.82) is 0 Å². The molecule has 0 unspecified atom stereocenters. The molecule has 0 radical (unpaired) electrons. The fourth-order valence-electron chi connectivity index (χ4n) is 1.47. The zero-order chi connectivity index (χ0) is 12.3. The normalized spacial score (nSPS) is 11.8. The summed E-state index contributed by atoms with van der Waals surface area (Å²) in [4.78, 5) is 18.2. The molecule has 0 aliphatic carbocycles. The highest BCUT2D eigenvalue weighted by Crippen LogP contribution is 2.25. The van der Waals surface area contributed by atoms with Gasteiger partial charge in [0.1, 0.15) is 11.4 Å². The summed E-state index contributed by atoms with van der Waals surface area (Å²) in [6.45, 7) is 5.63. The lowest BCUT2D eigenvalue weighted by atomic mass is 10.0. The molecule has 0 amide bonds. The minimum Gasteiger partial charge on any atom is -0.476 e. The largest absolute Gasteiger partial charge is 0.476 e. The van der Waals surface area contributed by atoms with Crippen LogP contribution in [0.1, 0.15) is 49.2 Å². The Kier molecular flexibility index (Phi) is 3.70. The van der Waals surface area contributed by atoms with Crippen LogP contribution in [0, 0.1) is 0 Å². The molecule has 0 bridgehead atoms. The molecule has 1 aromatic heterocycles. The molecule has 1 rings (SSSR count). The highest BCUT2D eigenvalue weighted by atomic mass is 16.5. The number of H-pyrrole nitrogens is 1. The number of carboxylic acid groups (broad SMARTS) is 1. The van der Waals surface area contributed by atoms with E-state index in [9.17, 15) is 4.79 Å². The van der Waals surface area contributed by atoms with Crippen LogP contribution in [-0.4, -0.2) is 28.2 Å². The van der Waals surface area contributed by atoms with Gasteiger partial charge >= 0.3 is 5.97 Å². The van der Waals surface area contributed by atoms with E-state index in [1.54, 1.807) is 7.11 Å². The van der Waals surface area contributed by atoms with E-state index < -0.39 is 11.6 Å². The van der Waals surface area contributed by atoms with E-state index in [2.05, 4.69) is 9.97 Å². The molecule has 0 aliphatic heterocycles. The van der Waals surface area contributed by atoms with Crippen LogP contribution in [0.2, 0.25) is 0 Å². The summed E-state index contributed by atoms with van der Waals surface area (Å²) in [5.41, 5.74) is -0.103. The van der Waals surface area contributed by atoms with E-state index >= 15 is 0 Å². The fourth-order valence-corrected chi connectivity index (χ4v) is 1.47. The van der Waals surface area contributed by atoms with Crippen molar-refractivity contribution in [3.05, 3.63) is 17.2 Å². The lowest BCUT2D eigenvalue weighted by molar-refractivity contribution is 0.0141. The maximum Gasteiger partial charge on any atom is 0.356 e. The Morgan fingerprint density at radius 1 is 1.56 bits per heavy atom. The van der Waals surface area contributed by atoms with Gasteiger partial charge in [0.15, 0.2) is 5.69 Å². The minimum atomic E-state index is -1.03. The first-order valence-electron chi connectivity index (χ1n) is 5.30. The van der Waals surface area contributed by atoms with Crippen LogP contribution < -0.4 is 0 Å². The van der Waals surface area contributed by atoms with Crippen LogP contribution in [0.4, 0.5) is 0 Å². The van der Waals surface area contributed by atoms with Crippen LogP contribution >= 0.6 is 0 Å². The molecule has 90 valence electrons. The van der Waals surface area contributed by atoms with Crippen molar-refractivity contribution in [1.82, 2.24) is 9.97 Å². The summed E-state index contributed by atoms with van der Waals surface area (Å²) in [5, 5.41) is 9.07. The van der Waals surface area contributed by atoms with E-state index in [4.69, 9.17) is 9.84 Å². The van der Waals surface area contributed by atoms with E-state index in [0.29, 0.717) is 11.5 Å². The second kappa shape index (κ2) is 4.65. The summed E-state index contributed by atoms with van der Waals surface area (Å²) >= 11 is 0. The topological polar surface area (TPSA) is 75.2 Å². The van der Waals surface area contributed by atoms with Gasteiger partial charge in [0.05, 0.1) is 5.69 Å². The number of nitrogens with zero attached hydrogens (tertiary/aromatic N) is 1. The minimum absolute atomic E-state index is 0.0512. The van der Waals surface area contributed by atoms with Crippen molar-refractivity contribution in [2.24, 2.45) is 0 Å². The van der Waals surface area contributed by atoms with E-state index in [0.717, 1.165) is 12.8 Å². The second-order valence-corrected chi connectivity index (χ2v) is 4.18. The van der Waals surface area contributed by atoms with Crippen LogP contribution in [0.3, 0.4) is 0 Å². The lowest BCUT2D eigenvalue weighted by Gasteiger charge is -2.21. The molecule has 16 heavy (non-hydrogen) atoms. The first kappa shape index (κ1) is 12.7. The molecule has 0 aromatic carbocycles. The number of nitrogens with one attached hydrogen (secondary N) is 1. The molecule has 0 saturated carbocycles. The summed E-state index contributed by atoms with van der Waals surface area (Å²) in [7, 11) is 1.55.